The third kappa shape index (κ3) is 3.30. The van der Waals surface area contributed by atoms with E-state index in [4.69, 9.17) is 0 Å². The molecule has 0 saturated heterocycles. The van der Waals surface area contributed by atoms with Crippen molar-refractivity contribution in [3.05, 3.63) is 76.2 Å². The Bertz CT molecular complexity index is 941. The summed E-state index contributed by atoms with van der Waals surface area (Å²) < 4.78 is 1.75. The van der Waals surface area contributed by atoms with Crippen molar-refractivity contribution in [3.8, 4) is 5.69 Å². The van der Waals surface area contributed by atoms with E-state index >= 15 is 0 Å². The van der Waals surface area contributed by atoms with E-state index in [2.05, 4.69) is 20.4 Å². The first-order valence-electron chi connectivity index (χ1n) is 7.27. The van der Waals surface area contributed by atoms with Gasteiger partial charge in [0, 0.05) is 25.0 Å². The molecule has 24 heavy (non-hydrogen) atoms. The molecule has 7 heteroatoms. The monoisotopic (exact) mass is 321 g/mol. The first kappa shape index (κ1) is 15.4. The molecule has 120 valence electrons. The average molecular weight is 321 g/mol. The second-order valence-electron chi connectivity index (χ2n) is 4.98. The number of carbonyl (C=O) groups is 1. The summed E-state index contributed by atoms with van der Waals surface area (Å²) in [4.78, 5) is 29.9. The molecule has 2 aromatic heterocycles. The van der Waals surface area contributed by atoms with E-state index in [0.717, 1.165) is 11.3 Å². The molecular formula is C17H15N5O2. The molecule has 0 saturated carbocycles. The number of rotatable bonds is 4. The number of nitrogens with zero attached hydrogens (tertiary/aromatic N) is 3. The predicted octanol–water partition coefficient (Wildman–Crippen LogP) is 1.49. The summed E-state index contributed by atoms with van der Waals surface area (Å²) in [7, 11) is 1.46. The molecule has 1 aromatic carbocycles. The molecule has 0 bridgehead atoms. The number of H-pyrrole nitrogens is 1. The molecule has 2 heterocycles. The first-order chi connectivity index (χ1) is 11.7. The third-order valence-corrected chi connectivity index (χ3v) is 3.35. The topological polar surface area (TPSA) is 92.7 Å². The Morgan fingerprint density at radius 2 is 2.00 bits per heavy atom. The van der Waals surface area contributed by atoms with Gasteiger partial charge in [0.25, 0.3) is 11.5 Å². The minimum absolute atomic E-state index is 0.0217. The number of amides is 1. The van der Waals surface area contributed by atoms with Crippen LogP contribution in [0, 0.1) is 0 Å². The van der Waals surface area contributed by atoms with E-state index in [9.17, 15) is 9.59 Å². The van der Waals surface area contributed by atoms with Crippen LogP contribution in [-0.2, 0) is 0 Å². The Morgan fingerprint density at radius 1 is 1.21 bits per heavy atom. The summed E-state index contributed by atoms with van der Waals surface area (Å²) >= 11 is 0. The maximum Gasteiger partial charge on any atom is 0.263 e. The van der Waals surface area contributed by atoms with Crippen LogP contribution in [0.15, 0.2) is 53.7 Å². The number of carbonyl (C=O) groups excluding carboxylic acids is 1. The summed E-state index contributed by atoms with van der Waals surface area (Å²) in [6.45, 7) is 0. The fourth-order valence-electron chi connectivity index (χ4n) is 2.11. The Balaban J connectivity index is 1.79. The van der Waals surface area contributed by atoms with Crippen LogP contribution in [-0.4, -0.2) is 32.7 Å². The van der Waals surface area contributed by atoms with E-state index in [-0.39, 0.29) is 5.56 Å². The second kappa shape index (κ2) is 6.74. The van der Waals surface area contributed by atoms with Crippen molar-refractivity contribution in [1.29, 1.82) is 0 Å². The lowest BCUT2D eigenvalue weighted by Gasteiger charge is -1.99. The highest BCUT2D eigenvalue weighted by atomic mass is 16.2. The van der Waals surface area contributed by atoms with Gasteiger partial charge in [-0.3, -0.25) is 9.59 Å². The number of aromatic amines is 1. The molecule has 0 aliphatic rings. The van der Waals surface area contributed by atoms with Gasteiger partial charge in [0.15, 0.2) is 0 Å². The van der Waals surface area contributed by atoms with Crippen LogP contribution in [0.4, 0.5) is 0 Å². The Hall–Kier alpha value is -3.48. The van der Waals surface area contributed by atoms with Crippen molar-refractivity contribution in [2.75, 3.05) is 7.05 Å². The van der Waals surface area contributed by atoms with Gasteiger partial charge in [-0.05, 0) is 24.3 Å². The lowest BCUT2D eigenvalue weighted by Crippen LogP contribution is -2.27. The highest BCUT2D eigenvalue weighted by Crippen LogP contribution is 2.09. The molecule has 0 spiro atoms. The molecule has 1 amide bonds. The molecule has 2 N–H and O–H groups in total. The van der Waals surface area contributed by atoms with Crippen LogP contribution in [0.3, 0.4) is 0 Å². The molecule has 0 unspecified atom stereocenters. The van der Waals surface area contributed by atoms with Gasteiger partial charge in [-0.1, -0.05) is 18.2 Å². The Morgan fingerprint density at radius 3 is 2.71 bits per heavy atom. The highest BCUT2D eigenvalue weighted by Gasteiger charge is 2.08. The average Bonchev–Trinajstić information content (AvgIpc) is 3.09. The largest absolute Gasteiger partial charge is 0.355 e. The Kier molecular flexibility index (Phi) is 4.33. The van der Waals surface area contributed by atoms with Gasteiger partial charge in [-0.15, -0.1) is 0 Å². The summed E-state index contributed by atoms with van der Waals surface area (Å²) in [6.07, 6.45) is 8.26. The van der Waals surface area contributed by atoms with Gasteiger partial charge < -0.3 is 10.3 Å². The van der Waals surface area contributed by atoms with Crippen LogP contribution in [0.2, 0.25) is 0 Å². The zero-order valence-corrected chi connectivity index (χ0v) is 12.9. The van der Waals surface area contributed by atoms with Crippen molar-refractivity contribution in [2.24, 2.45) is 0 Å². The van der Waals surface area contributed by atoms with Gasteiger partial charge in [-0.2, -0.15) is 5.10 Å². The normalized spacial score (nSPS) is 10.9. The molecule has 7 nitrogen and oxygen atoms in total. The minimum Gasteiger partial charge on any atom is -0.355 e. The SMILES string of the molecule is CNC(=O)c1cnc(/C=C/c2cnn(-c3ccccc3)c2)[nH]c1=O. The van der Waals surface area contributed by atoms with Crippen LogP contribution in [0.1, 0.15) is 21.7 Å². The van der Waals surface area contributed by atoms with Crippen LogP contribution >= 0.6 is 0 Å². The summed E-state index contributed by atoms with van der Waals surface area (Å²) in [5.41, 5.74) is 1.31. The van der Waals surface area contributed by atoms with Crippen molar-refractivity contribution in [2.45, 2.75) is 0 Å². The minimum atomic E-state index is -0.482. The van der Waals surface area contributed by atoms with Crippen molar-refractivity contribution in [3.63, 3.8) is 0 Å². The van der Waals surface area contributed by atoms with Gasteiger partial charge in [0.1, 0.15) is 11.4 Å². The maximum atomic E-state index is 11.8. The third-order valence-electron chi connectivity index (χ3n) is 3.35. The zero-order valence-electron chi connectivity index (χ0n) is 12.9. The zero-order chi connectivity index (χ0) is 16.9. The second-order valence-corrected chi connectivity index (χ2v) is 4.98. The van der Waals surface area contributed by atoms with E-state index in [0.29, 0.717) is 5.82 Å². The predicted molar refractivity (Wildman–Crippen MR) is 90.7 cm³/mol. The smallest absolute Gasteiger partial charge is 0.263 e. The van der Waals surface area contributed by atoms with Crippen LogP contribution < -0.4 is 10.9 Å². The van der Waals surface area contributed by atoms with E-state index in [1.807, 2.05) is 36.5 Å². The van der Waals surface area contributed by atoms with Gasteiger partial charge in [0.05, 0.1) is 11.9 Å². The molecule has 0 aliphatic carbocycles. The fourth-order valence-corrected chi connectivity index (χ4v) is 2.11. The number of aromatic nitrogens is 4. The maximum absolute atomic E-state index is 11.8. The number of para-hydroxylation sites is 1. The Labute approximate surface area is 137 Å². The molecule has 3 aromatic rings. The molecule has 0 radical (unpaired) electrons. The number of hydrogen-bond donors (Lipinski definition) is 2. The van der Waals surface area contributed by atoms with Crippen LogP contribution in [0.5, 0.6) is 0 Å². The molecule has 0 fully saturated rings. The summed E-state index contributed by atoms with van der Waals surface area (Å²) in [5.74, 6) is -0.108. The number of hydrogen-bond acceptors (Lipinski definition) is 4. The van der Waals surface area contributed by atoms with Crippen LogP contribution in [0.25, 0.3) is 17.8 Å². The fraction of sp³-hybridized carbons (Fsp3) is 0.0588. The molecule has 3 rings (SSSR count). The quantitative estimate of drug-likeness (QED) is 0.761. The van der Waals surface area contributed by atoms with Gasteiger partial charge in [-0.25, -0.2) is 9.67 Å². The van der Waals surface area contributed by atoms with Gasteiger partial charge in [0.2, 0.25) is 0 Å². The molecule has 0 aliphatic heterocycles. The lowest BCUT2D eigenvalue weighted by atomic mass is 10.3. The molecule has 0 atom stereocenters. The standard InChI is InChI=1S/C17H15N5O2/c1-18-16(23)14-10-19-15(21-17(14)24)8-7-12-9-20-22(11-12)13-5-3-2-4-6-13/h2-11H,1H3,(H,18,23)(H,19,21,24)/b8-7+. The van der Waals surface area contributed by atoms with E-state index < -0.39 is 11.5 Å². The first-order valence-corrected chi connectivity index (χ1v) is 7.27. The van der Waals surface area contributed by atoms with E-state index in [1.54, 1.807) is 23.0 Å². The van der Waals surface area contributed by atoms with Gasteiger partial charge >= 0.3 is 0 Å². The van der Waals surface area contributed by atoms with E-state index in [1.165, 1.54) is 13.2 Å². The van der Waals surface area contributed by atoms with Crippen molar-refractivity contribution < 1.29 is 4.79 Å². The molecular weight excluding hydrogens is 306 g/mol. The highest BCUT2D eigenvalue weighted by molar-refractivity contribution is 5.93. The number of nitrogens with one attached hydrogen (secondary N) is 2. The van der Waals surface area contributed by atoms with Crippen molar-refractivity contribution >= 4 is 18.1 Å². The number of benzene rings is 1. The summed E-state index contributed by atoms with van der Waals surface area (Å²) in [6, 6.07) is 9.73. The van der Waals surface area contributed by atoms with Crippen molar-refractivity contribution in [1.82, 2.24) is 25.1 Å². The lowest BCUT2D eigenvalue weighted by molar-refractivity contribution is 0.0961. The summed E-state index contributed by atoms with van der Waals surface area (Å²) in [5, 5.41) is 6.67.